The largest absolute Gasteiger partial charge is 0.361 e. The van der Waals surface area contributed by atoms with Crippen molar-refractivity contribution in [3.8, 4) is 11.4 Å². The SMILES string of the molecule is c1cc(-c2n[nH]c(C3CCCN(Cc4ccc5cc[nH]c5c4)C3)n2)ccn1. The maximum Gasteiger partial charge on any atom is 0.181 e. The predicted octanol–water partition coefficient (Wildman–Crippen LogP) is 3.73. The predicted molar refractivity (Wildman–Crippen MR) is 105 cm³/mol. The third kappa shape index (κ3) is 3.36. The van der Waals surface area contributed by atoms with Crippen LogP contribution < -0.4 is 0 Å². The molecule has 4 aromatic rings. The Morgan fingerprint density at radius 2 is 2.04 bits per heavy atom. The number of aromatic nitrogens is 5. The minimum absolute atomic E-state index is 0.399. The molecule has 2 N–H and O–H groups in total. The van der Waals surface area contributed by atoms with Crippen LogP contribution in [0, 0.1) is 0 Å². The number of rotatable bonds is 4. The summed E-state index contributed by atoms with van der Waals surface area (Å²) in [5.41, 5.74) is 3.55. The Bertz CT molecular complexity index is 1030. The average Bonchev–Trinajstić information content (AvgIpc) is 3.38. The number of H-pyrrole nitrogens is 2. The van der Waals surface area contributed by atoms with Crippen LogP contribution in [-0.4, -0.2) is 43.1 Å². The molecule has 0 radical (unpaired) electrons. The maximum atomic E-state index is 4.75. The Kier molecular flexibility index (Phi) is 4.18. The highest BCUT2D eigenvalue weighted by Gasteiger charge is 2.24. The van der Waals surface area contributed by atoms with E-state index >= 15 is 0 Å². The summed E-state index contributed by atoms with van der Waals surface area (Å²) in [6.07, 6.45) is 7.87. The van der Waals surface area contributed by atoms with Gasteiger partial charge < -0.3 is 4.98 Å². The Balaban J connectivity index is 1.30. The zero-order chi connectivity index (χ0) is 18.1. The number of benzene rings is 1. The Hall–Kier alpha value is -2.99. The summed E-state index contributed by atoms with van der Waals surface area (Å²) in [7, 11) is 0. The van der Waals surface area contributed by atoms with Crippen molar-refractivity contribution in [2.45, 2.75) is 25.3 Å². The Labute approximate surface area is 157 Å². The van der Waals surface area contributed by atoms with Crippen LogP contribution >= 0.6 is 0 Å². The fourth-order valence-electron chi connectivity index (χ4n) is 3.96. The van der Waals surface area contributed by atoms with E-state index in [0.717, 1.165) is 43.3 Å². The molecule has 1 aliphatic rings. The summed E-state index contributed by atoms with van der Waals surface area (Å²) in [6, 6.07) is 12.7. The number of aromatic amines is 2. The number of nitrogens with zero attached hydrogens (tertiary/aromatic N) is 4. The molecule has 0 aliphatic carbocycles. The highest BCUT2D eigenvalue weighted by atomic mass is 15.2. The van der Waals surface area contributed by atoms with E-state index in [9.17, 15) is 0 Å². The zero-order valence-corrected chi connectivity index (χ0v) is 15.1. The van der Waals surface area contributed by atoms with Crippen molar-refractivity contribution in [1.29, 1.82) is 0 Å². The number of piperidine rings is 1. The first kappa shape index (κ1) is 16.2. The van der Waals surface area contributed by atoms with E-state index < -0.39 is 0 Å². The number of likely N-dealkylation sites (tertiary alicyclic amines) is 1. The van der Waals surface area contributed by atoms with Crippen LogP contribution in [0.5, 0.6) is 0 Å². The Morgan fingerprint density at radius 1 is 1.11 bits per heavy atom. The molecule has 1 aromatic carbocycles. The lowest BCUT2D eigenvalue weighted by Gasteiger charge is -2.31. The van der Waals surface area contributed by atoms with Gasteiger partial charge in [-0.05, 0) is 54.6 Å². The van der Waals surface area contributed by atoms with E-state index in [1.54, 1.807) is 12.4 Å². The van der Waals surface area contributed by atoms with E-state index in [1.807, 2.05) is 18.3 Å². The number of nitrogens with one attached hydrogen (secondary N) is 2. The van der Waals surface area contributed by atoms with E-state index in [4.69, 9.17) is 4.98 Å². The van der Waals surface area contributed by atoms with Crippen LogP contribution in [0.25, 0.3) is 22.3 Å². The van der Waals surface area contributed by atoms with E-state index in [1.165, 1.54) is 22.9 Å². The van der Waals surface area contributed by atoms with Crippen molar-refractivity contribution in [2.24, 2.45) is 0 Å². The lowest BCUT2D eigenvalue weighted by molar-refractivity contribution is 0.197. The molecule has 4 heterocycles. The van der Waals surface area contributed by atoms with Crippen LogP contribution in [-0.2, 0) is 6.54 Å². The fourth-order valence-corrected chi connectivity index (χ4v) is 3.96. The summed E-state index contributed by atoms with van der Waals surface area (Å²) in [6.45, 7) is 3.11. The van der Waals surface area contributed by atoms with Gasteiger partial charge in [0.15, 0.2) is 5.82 Å². The molecule has 5 rings (SSSR count). The normalized spacial score (nSPS) is 18.1. The first-order valence-corrected chi connectivity index (χ1v) is 9.46. The molecule has 1 saturated heterocycles. The molecule has 0 spiro atoms. The third-order valence-electron chi connectivity index (χ3n) is 5.36. The number of pyridine rings is 1. The average molecular weight is 358 g/mol. The smallest absolute Gasteiger partial charge is 0.181 e. The van der Waals surface area contributed by atoms with Crippen molar-refractivity contribution >= 4 is 10.9 Å². The lowest BCUT2D eigenvalue weighted by atomic mass is 9.97. The molecule has 6 heteroatoms. The lowest BCUT2D eigenvalue weighted by Crippen LogP contribution is -2.34. The first-order valence-electron chi connectivity index (χ1n) is 9.46. The van der Waals surface area contributed by atoms with Gasteiger partial charge in [0, 0.05) is 48.7 Å². The fraction of sp³-hybridized carbons (Fsp3) is 0.286. The first-order chi connectivity index (χ1) is 13.3. The molecule has 136 valence electrons. The standard InChI is InChI=1S/C21H22N6/c1-2-18(21-24-20(25-26-21)17-5-8-22-9-6-17)14-27(11-1)13-15-3-4-16-7-10-23-19(16)12-15/h3-10,12,18,23H,1-2,11,13-14H2,(H,24,25,26). The summed E-state index contributed by atoms with van der Waals surface area (Å²) >= 11 is 0. The summed E-state index contributed by atoms with van der Waals surface area (Å²) < 4.78 is 0. The molecule has 0 saturated carbocycles. The van der Waals surface area contributed by atoms with Crippen molar-refractivity contribution in [1.82, 2.24) is 30.0 Å². The number of fused-ring (bicyclic) bond motifs is 1. The van der Waals surface area contributed by atoms with Crippen molar-refractivity contribution in [2.75, 3.05) is 13.1 Å². The number of hydrogen-bond acceptors (Lipinski definition) is 4. The third-order valence-corrected chi connectivity index (χ3v) is 5.36. The van der Waals surface area contributed by atoms with Gasteiger partial charge in [0.05, 0.1) is 0 Å². The van der Waals surface area contributed by atoms with Gasteiger partial charge in [-0.3, -0.25) is 15.0 Å². The molecule has 1 unspecified atom stereocenters. The molecule has 1 aliphatic heterocycles. The van der Waals surface area contributed by atoms with Crippen LogP contribution in [0.3, 0.4) is 0 Å². The van der Waals surface area contributed by atoms with Gasteiger partial charge in [0.2, 0.25) is 0 Å². The van der Waals surface area contributed by atoms with E-state index in [0.29, 0.717) is 5.92 Å². The molecule has 0 bridgehead atoms. The summed E-state index contributed by atoms with van der Waals surface area (Å²) in [4.78, 5) is 14.6. The topological polar surface area (TPSA) is 73.5 Å². The quantitative estimate of drug-likeness (QED) is 0.583. The second kappa shape index (κ2) is 6.96. The van der Waals surface area contributed by atoms with Crippen LogP contribution in [0.4, 0.5) is 0 Å². The monoisotopic (exact) mass is 358 g/mol. The van der Waals surface area contributed by atoms with Crippen molar-refractivity contribution in [3.05, 3.63) is 66.4 Å². The van der Waals surface area contributed by atoms with Gasteiger partial charge in [-0.15, -0.1) is 0 Å². The summed E-state index contributed by atoms with van der Waals surface area (Å²) in [5.74, 6) is 2.14. The van der Waals surface area contributed by atoms with Gasteiger partial charge in [-0.25, -0.2) is 4.98 Å². The van der Waals surface area contributed by atoms with Gasteiger partial charge >= 0.3 is 0 Å². The second-order valence-corrected chi connectivity index (χ2v) is 7.25. The van der Waals surface area contributed by atoms with Gasteiger partial charge in [0.25, 0.3) is 0 Å². The highest BCUT2D eigenvalue weighted by molar-refractivity contribution is 5.79. The van der Waals surface area contributed by atoms with Crippen molar-refractivity contribution < 1.29 is 0 Å². The second-order valence-electron chi connectivity index (χ2n) is 7.25. The van der Waals surface area contributed by atoms with Crippen LogP contribution in [0.15, 0.2) is 55.0 Å². The molecule has 1 fully saturated rings. The number of hydrogen-bond donors (Lipinski definition) is 2. The molecular weight excluding hydrogens is 336 g/mol. The molecule has 3 aromatic heterocycles. The van der Waals surface area contributed by atoms with Crippen LogP contribution in [0.2, 0.25) is 0 Å². The van der Waals surface area contributed by atoms with Gasteiger partial charge in [0.1, 0.15) is 5.82 Å². The maximum absolute atomic E-state index is 4.75. The van der Waals surface area contributed by atoms with E-state index in [2.05, 4.69) is 49.3 Å². The molecular formula is C21H22N6. The zero-order valence-electron chi connectivity index (χ0n) is 15.1. The molecule has 1 atom stereocenters. The highest BCUT2D eigenvalue weighted by Crippen LogP contribution is 2.27. The minimum Gasteiger partial charge on any atom is -0.361 e. The van der Waals surface area contributed by atoms with E-state index in [-0.39, 0.29) is 0 Å². The molecule has 6 nitrogen and oxygen atoms in total. The van der Waals surface area contributed by atoms with Gasteiger partial charge in [-0.2, -0.15) is 5.10 Å². The Morgan fingerprint density at radius 3 is 2.96 bits per heavy atom. The molecule has 0 amide bonds. The summed E-state index contributed by atoms with van der Waals surface area (Å²) in [5, 5.41) is 8.84. The minimum atomic E-state index is 0.399. The molecule has 27 heavy (non-hydrogen) atoms. The van der Waals surface area contributed by atoms with Crippen molar-refractivity contribution in [3.63, 3.8) is 0 Å². The van der Waals surface area contributed by atoms with Crippen LogP contribution in [0.1, 0.15) is 30.1 Å². The van der Waals surface area contributed by atoms with Gasteiger partial charge in [-0.1, -0.05) is 12.1 Å².